The SMILES string of the molecule is CCC(=O)N1CCCCC1C(=O)Nc1cccc(CC(=O)O)c1. The van der Waals surface area contributed by atoms with Crippen LogP contribution < -0.4 is 5.32 Å². The van der Waals surface area contributed by atoms with Gasteiger partial charge in [0.05, 0.1) is 6.42 Å². The molecule has 0 radical (unpaired) electrons. The Morgan fingerprint density at radius 1 is 1.30 bits per heavy atom. The minimum absolute atomic E-state index is 0.00974. The van der Waals surface area contributed by atoms with Gasteiger partial charge < -0.3 is 15.3 Å². The molecule has 0 saturated carbocycles. The first kappa shape index (κ1) is 17.0. The lowest BCUT2D eigenvalue weighted by atomic mass is 10.0. The number of anilines is 1. The van der Waals surface area contributed by atoms with Gasteiger partial charge in [0.1, 0.15) is 6.04 Å². The van der Waals surface area contributed by atoms with Crippen molar-refractivity contribution in [3.05, 3.63) is 29.8 Å². The van der Waals surface area contributed by atoms with Crippen LogP contribution in [0.5, 0.6) is 0 Å². The Hall–Kier alpha value is -2.37. The zero-order valence-corrected chi connectivity index (χ0v) is 13.2. The van der Waals surface area contributed by atoms with Crippen molar-refractivity contribution in [3.63, 3.8) is 0 Å². The topological polar surface area (TPSA) is 86.7 Å². The van der Waals surface area contributed by atoms with Gasteiger partial charge in [0.25, 0.3) is 0 Å². The van der Waals surface area contributed by atoms with E-state index in [-0.39, 0.29) is 18.2 Å². The zero-order valence-electron chi connectivity index (χ0n) is 13.2. The van der Waals surface area contributed by atoms with E-state index in [9.17, 15) is 14.4 Å². The van der Waals surface area contributed by atoms with Gasteiger partial charge in [-0.05, 0) is 37.0 Å². The van der Waals surface area contributed by atoms with E-state index in [1.165, 1.54) is 0 Å². The smallest absolute Gasteiger partial charge is 0.307 e. The van der Waals surface area contributed by atoms with Gasteiger partial charge >= 0.3 is 5.97 Å². The molecule has 2 rings (SSSR count). The number of carbonyl (C=O) groups is 3. The summed E-state index contributed by atoms with van der Waals surface area (Å²) < 4.78 is 0. The molecule has 1 aliphatic rings. The maximum Gasteiger partial charge on any atom is 0.307 e. The van der Waals surface area contributed by atoms with Gasteiger partial charge in [-0.2, -0.15) is 0 Å². The highest BCUT2D eigenvalue weighted by molar-refractivity contribution is 5.97. The Bertz CT molecular complexity index is 600. The van der Waals surface area contributed by atoms with Crippen LogP contribution in [0.1, 0.15) is 38.2 Å². The second kappa shape index (κ2) is 7.76. The normalized spacial score (nSPS) is 17.6. The summed E-state index contributed by atoms with van der Waals surface area (Å²) in [6.07, 6.45) is 2.80. The molecule has 23 heavy (non-hydrogen) atoms. The van der Waals surface area contributed by atoms with E-state index >= 15 is 0 Å². The summed E-state index contributed by atoms with van der Waals surface area (Å²) in [5.74, 6) is -1.14. The number of hydrogen-bond donors (Lipinski definition) is 2. The minimum atomic E-state index is -0.916. The minimum Gasteiger partial charge on any atom is -0.481 e. The second-order valence-electron chi connectivity index (χ2n) is 5.71. The average Bonchev–Trinajstić information content (AvgIpc) is 2.53. The monoisotopic (exact) mass is 318 g/mol. The van der Waals surface area contributed by atoms with Crippen LogP contribution in [0.25, 0.3) is 0 Å². The van der Waals surface area contributed by atoms with Gasteiger partial charge in [-0.15, -0.1) is 0 Å². The predicted octanol–water partition coefficient (Wildman–Crippen LogP) is 2.04. The molecular weight excluding hydrogens is 296 g/mol. The van der Waals surface area contributed by atoms with Gasteiger partial charge in [0, 0.05) is 18.7 Å². The van der Waals surface area contributed by atoms with E-state index in [4.69, 9.17) is 5.11 Å². The first-order valence-corrected chi connectivity index (χ1v) is 7.92. The van der Waals surface area contributed by atoms with Crippen LogP contribution in [0.2, 0.25) is 0 Å². The maximum atomic E-state index is 12.5. The summed E-state index contributed by atoms with van der Waals surface area (Å²) in [4.78, 5) is 36.9. The lowest BCUT2D eigenvalue weighted by Crippen LogP contribution is -2.49. The van der Waals surface area contributed by atoms with Crippen molar-refractivity contribution in [3.8, 4) is 0 Å². The quantitative estimate of drug-likeness (QED) is 0.870. The average molecular weight is 318 g/mol. The molecule has 1 unspecified atom stereocenters. The largest absolute Gasteiger partial charge is 0.481 e. The molecule has 1 saturated heterocycles. The van der Waals surface area contributed by atoms with E-state index in [2.05, 4.69) is 5.32 Å². The van der Waals surface area contributed by atoms with Gasteiger partial charge in [-0.25, -0.2) is 0 Å². The standard InChI is InChI=1S/C17H22N2O4/c1-2-15(20)19-9-4-3-8-14(19)17(23)18-13-7-5-6-12(10-13)11-16(21)22/h5-7,10,14H,2-4,8-9,11H2,1H3,(H,18,23)(H,21,22). The Morgan fingerprint density at radius 3 is 2.78 bits per heavy atom. The van der Waals surface area contributed by atoms with Crippen LogP contribution in [0.15, 0.2) is 24.3 Å². The van der Waals surface area contributed by atoms with Crippen LogP contribution >= 0.6 is 0 Å². The van der Waals surface area contributed by atoms with Gasteiger partial charge in [-0.1, -0.05) is 19.1 Å². The van der Waals surface area contributed by atoms with E-state index in [1.54, 1.807) is 36.1 Å². The number of carboxylic acids is 1. The summed E-state index contributed by atoms with van der Waals surface area (Å²) in [6, 6.07) is 6.35. The second-order valence-corrected chi connectivity index (χ2v) is 5.71. The summed E-state index contributed by atoms with van der Waals surface area (Å²) in [5.41, 5.74) is 1.18. The Kier molecular flexibility index (Phi) is 5.73. The van der Waals surface area contributed by atoms with Crippen molar-refractivity contribution in [2.24, 2.45) is 0 Å². The highest BCUT2D eigenvalue weighted by Gasteiger charge is 2.31. The molecule has 6 nitrogen and oxygen atoms in total. The van der Waals surface area contributed by atoms with Crippen LogP contribution in [-0.4, -0.2) is 40.4 Å². The third kappa shape index (κ3) is 4.55. The first-order valence-electron chi connectivity index (χ1n) is 7.92. The number of aliphatic carboxylic acids is 1. The molecule has 1 heterocycles. The number of carboxylic acid groups (broad SMARTS) is 1. The molecule has 1 atom stereocenters. The van der Waals surface area contributed by atoms with Crippen molar-refractivity contribution in [1.29, 1.82) is 0 Å². The number of likely N-dealkylation sites (tertiary alicyclic amines) is 1. The summed E-state index contributed by atoms with van der Waals surface area (Å²) >= 11 is 0. The van der Waals surface area contributed by atoms with Gasteiger partial charge in [0.2, 0.25) is 11.8 Å². The maximum absolute atomic E-state index is 12.5. The molecule has 1 fully saturated rings. The highest BCUT2D eigenvalue weighted by atomic mass is 16.4. The summed E-state index contributed by atoms with van der Waals surface area (Å²) in [5, 5.41) is 11.6. The van der Waals surface area contributed by atoms with Gasteiger partial charge in [-0.3, -0.25) is 14.4 Å². The molecule has 2 N–H and O–H groups in total. The number of hydrogen-bond acceptors (Lipinski definition) is 3. The van der Waals surface area contributed by atoms with Crippen LogP contribution in [-0.2, 0) is 20.8 Å². The van der Waals surface area contributed by atoms with Crippen molar-refractivity contribution < 1.29 is 19.5 Å². The molecule has 124 valence electrons. The highest BCUT2D eigenvalue weighted by Crippen LogP contribution is 2.20. The first-order chi connectivity index (χ1) is 11.0. The zero-order chi connectivity index (χ0) is 16.8. The van der Waals surface area contributed by atoms with Crippen molar-refractivity contribution in [2.75, 3.05) is 11.9 Å². The molecule has 6 heteroatoms. The van der Waals surface area contributed by atoms with Gasteiger partial charge in [0.15, 0.2) is 0 Å². The lowest BCUT2D eigenvalue weighted by molar-refractivity contribution is -0.140. The fraction of sp³-hybridized carbons (Fsp3) is 0.471. The lowest BCUT2D eigenvalue weighted by Gasteiger charge is -2.34. The van der Waals surface area contributed by atoms with Crippen LogP contribution in [0.3, 0.4) is 0 Å². The molecule has 1 aliphatic heterocycles. The van der Waals surface area contributed by atoms with Crippen molar-refractivity contribution in [2.45, 2.75) is 45.1 Å². The van der Waals surface area contributed by atoms with Crippen molar-refractivity contribution in [1.82, 2.24) is 4.90 Å². The molecule has 0 bridgehead atoms. The number of nitrogens with one attached hydrogen (secondary N) is 1. The number of nitrogens with zero attached hydrogens (tertiary/aromatic N) is 1. The number of carbonyl (C=O) groups excluding carboxylic acids is 2. The van der Waals surface area contributed by atoms with E-state index in [0.717, 1.165) is 12.8 Å². The Morgan fingerprint density at radius 2 is 2.09 bits per heavy atom. The van der Waals surface area contributed by atoms with Crippen molar-refractivity contribution >= 4 is 23.5 Å². The Labute approximate surface area is 135 Å². The molecule has 0 aliphatic carbocycles. The van der Waals surface area contributed by atoms with Crippen LogP contribution in [0, 0.1) is 0 Å². The number of amides is 2. The van der Waals surface area contributed by atoms with E-state index < -0.39 is 12.0 Å². The number of piperidine rings is 1. The van der Waals surface area contributed by atoms with E-state index in [1.807, 2.05) is 0 Å². The van der Waals surface area contributed by atoms with Crippen LogP contribution in [0.4, 0.5) is 5.69 Å². The molecular formula is C17H22N2O4. The van der Waals surface area contributed by atoms with E-state index in [0.29, 0.717) is 30.6 Å². The number of benzene rings is 1. The summed E-state index contributed by atoms with van der Waals surface area (Å²) in [6.45, 7) is 2.41. The predicted molar refractivity (Wildman–Crippen MR) is 86.1 cm³/mol. The fourth-order valence-corrected chi connectivity index (χ4v) is 2.86. The molecule has 0 aromatic heterocycles. The third-order valence-electron chi connectivity index (χ3n) is 3.98. The third-order valence-corrected chi connectivity index (χ3v) is 3.98. The fourth-order valence-electron chi connectivity index (χ4n) is 2.86. The number of rotatable bonds is 5. The Balaban J connectivity index is 2.08. The molecule has 2 amide bonds. The molecule has 0 spiro atoms. The summed E-state index contributed by atoms with van der Waals surface area (Å²) in [7, 11) is 0. The molecule has 1 aromatic rings. The molecule has 1 aromatic carbocycles.